The number of Topliss-reactive ketones (excluding diaryl/α,β-unsaturated/α-hetero) is 2. The summed E-state index contributed by atoms with van der Waals surface area (Å²) in [5.74, 6) is -0.283. The molecule has 0 saturated heterocycles. The highest BCUT2D eigenvalue weighted by molar-refractivity contribution is 7.14. The zero-order chi connectivity index (χ0) is 18.5. The van der Waals surface area contributed by atoms with E-state index in [4.69, 9.17) is 0 Å². The Labute approximate surface area is 155 Å². The number of fused-ring (bicyclic) bond motifs is 1. The Balaban J connectivity index is 1.44. The smallest absolute Gasteiger partial charge is 0.224 e. The van der Waals surface area contributed by atoms with E-state index >= 15 is 0 Å². The number of rotatable bonds is 8. The third-order valence-corrected chi connectivity index (χ3v) is 5.19. The molecule has 1 amide bonds. The van der Waals surface area contributed by atoms with Crippen LogP contribution in [0.5, 0.6) is 0 Å². The van der Waals surface area contributed by atoms with E-state index in [9.17, 15) is 14.4 Å². The van der Waals surface area contributed by atoms with Gasteiger partial charge in [-0.3, -0.25) is 14.4 Å². The molecule has 0 unspecified atom stereocenters. The highest BCUT2D eigenvalue weighted by Gasteiger charge is 2.13. The maximum atomic E-state index is 12.1. The highest BCUT2D eigenvalue weighted by Crippen LogP contribution is 2.22. The summed E-state index contributed by atoms with van der Waals surface area (Å²) in [6.07, 6.45) is 2.45. The second-order valence-electron chi connectivity index (χ2n) is 6.16. The molecule has 2 N–H and O–H groups in total. The van der Waals surface area contributed by atoms with Gasteiger partial charge in [-0.05, 0) is 37.3 Å². The Morgan fingerprint density at radius 3 is 2.58 bits per heavy atom. The maximum absolute atomic E-state index is 12.1. The first-order valence-electron chi connectivity index (χ1n) is 8.50. The number of aryl methyl sites for hydroxylation is 1. The number of carbonyl (C=O) groups excluding carboxylic acids is 3. The van der Waals surface area contributed by atoms with Gasteiger partial charge in [0.1, 0.15) is 5.78 Å². The summed E-state index contributed by atoms with van der Waals surface area (Å²) >= 11 is 1.44. The number of H-pyrrole nitrogens is 1. The van der Waals surface area contributed by atoms with Crippen molar-refractivity contribution in [1.29, 1.82) is 0 Å². The minimum atomic E-state index is -0.202. The Hall–Kier alpha value is -2.73. The largest absolute Gasteiger partial charge is 0.361 e. The van der Waals surface area contributed by atoms with E-state index in [1.807, 2.05) is 43.5 Å². The number of ketones is 2. The number of hydrogen-bond acceptors (Lipinski definition) is 4. The van der Waals surface area contributed by atoms with Gasteiger partial charge >= 0.3 is 0 Å². The Morgan fingerprint density at radius 2 is 1.81 bits per heavy atom. The van der Waals surface area contributed by atoms with E-state index in [0.29, 0.717) is 4.88 Å². The molecule has 1 aromatic carbocycles. The summed E-state index contributed by atoms with van der Waals surface area (Å²) in [5, 5.41) is 3.78. The van der Waals surface area contributed by atoms with E-state index in [1.165, 1.54) is 11.3 Å². The van der Waals surface area contributed by atoms with Crippen LogP contribution in [0.4, 0.5) is 5.69 Å². The molecule has 0 aliphatic carbocycles. The van der Waals surface area contributed by atoms with E-state index in [1.54, 1.807) is 6.07 Å². The normalized spacial score (nSPS) is 10.8. The molecule has 0 radical (unpaired) electrons. The average Bonchev–Trinajstić information content (AvgIpc) is 3.27. The standard InChI is InChI=1S/C20H20N2O3S/c1-13-5-9-19(26-13)18(24)8-6-14(23)7-10-20(25)22-17-4-2-3-16-15(17)11-12-21-16/h2-5,9,11-12,21H,6-8,10H2,1H3,(H,22,25). The topological polar surface area (TPSA) is 79.0 Å². The summed E-state index contributed by atoms with van der Waals surface area (Å²) in [6, 6.07) is 11.2. The van der Waals surface area contributed by atoms with Crippen LogP contribution in [0.1, 0.15) is 40.2 Å². The second-order valence-corrected chi connectivity index (χ2v) is 7.45. The SMILES string of the molecule is Cc1ccc(C(=O)CCC(=O)CCC(=O)Nc2cccc3[nH]ccc23)s1. The van der Waals surface area contributed by atoms with Crippen molar-refractivity contribution in [3.8, 4) is 0 Å². The van der Waals surface area contributed by atoms with Gasteiger partial charge in [-0.15, -0.1) is 11.3 Å². The number of nitrogens with one attached hydrogen (secondary N) is 2. The molecule has 2 aromatic heterocycles. The molecule has 0 atom stereocenters. The lowest BCUT2D eigenvalue weighted by Gasteiger charge is -2.06. The molecule has 2 heterocycles. The third kappa shape index (κ3) is 4.46. The maximum Gasteiger partial charge on any atom is 0.224 e. The number of anilines is 1. The van der Waals surface area contributed by atoms with Crippen LogP contribution in [0.15, 0.2) is 42.6 Å². The summed E-state index contributed by atoms with van der Waals surface area (Å²) in [5.41, 5.74) is 1.67. The van der Waals surface area contributed by atoms with Crippen molar-refractivity contribution in [1.82, 2.24) is 4.98 Å². The van der Waals surface area contributed by atoms with Crippen LogP contribution in [0, 0.1) is 6.92 Å². The van der Waals surface area contributed by atoms with Crippen LogP contribution in [0.2, 0.25) is 0 Å². The summed E-state index contributed by atoms with van der Waals surface area (Å²) in [6.45, 7) is 1.94. The Bertz CT molecular complexity index is 955. The lowest BCUT2D eigenvalue weighted by Crippen LogP contribution is -2.14. The van der Waals surface area contributed by atoms with Gasteiger partial charge in [0.2, 0.25) is 5.91 Å². The summed E-state index contributed by atoms with van der Waals surface area (Å²) in [7, 11) is 0. The lowest BCUT2D eigenvalue weighted by molar-refractivity contribution is -0.122. The van der Waals surface area contributed by atoms with Crippen molar-refractivity contribution in [2.45, 2.75) is 32.6 Å². The lowest BCUT2D eigenvalue weighted by atomic mass is 10.1. The van der Waals surface area contributed by atoms with Crippen molar-refractivity contribution >= 4 is 45.4 Å². The number of amides is 1. The van der Waals surface area contributed by atoms with Gasteiger partial charge in [-0.25, -0.2) is 0 Å². The highest BCUT2D eigenvalue weighted by atomic mass is 32.1. The molecule has 3 rings (SSSR count). The Kier molecular flexibility index (Phi) is 5.63. The van der Waals surface area contributed by atoms with Gasteiger partial charge in [0.05, 0.1) is 10.6 Å². The summed E-state index contributed by atoms with van der Waals surface area (Å²) < 4.78 is 0. The van der Waals surface area contributed by atoms with Gasteiger partial charge in [-0.2, -0.15) is 0 Å². The first-order chi connectivity index (χ1) is 12.5. The van der Waals surface area contributed by atoms with E-state index < -0.39 is 0 Å². The van der Waals surface area contributed by atoms with Crippen LogP contribution in [-0.4, -0.2) is 22.5 Å². The number of hydrogen-bond donors (Lipinski definition) is 2. The van der Waals surface area contributed by atoms with Crippen molar-refractivity contribution in [3.63, 3.8) is 0 Å². The zero-order valence-corrected chi connectivity index (χ0v) is 15.3. The fraction of sp³-hybridized carbons (Fsp3) is 0.250. The van der Waals surface area contributed by atoms with E-state index in [2.05, 4.69) is 10.3 Å². The molecule has 0 saturated carbocycles. The van der Waals surface area contributed by atoms with Crippen molar-refractivity contribution in [2.24, 2.45) is 0 Å². The van der Waals surface area contributed by atoms with E-state index in [-0.39, 0.29) is 43.2 Å². The zero-order valence-electron chi connectivity index (χ0n) is 14.5. The predicted molar refractivity (Wildman–Crippen MR) is 104 cm³/mol. The summed E-state index contributed by atoms with van der Waals surface area (Å²) in [4.78, 5) is 41.0. The molecule has 5 nitrogen and oxygen atoms in total. The van der Waals surface area contributed by atoms with Gasteiger partial charge in [0, 0.05) is 47.7 Å². The minimum Gasteiger partial charge on any atom is -0.361 e. The molecule has 6 heteroatoms. The van der Waals surface area contributed by atoms with Crippen LogP contribution in [0.25, 0.3) is 10.9 Å². The molecule has 0 aliphatic heterocycles. The van der Waals surface area contributed by atoms with Gasteiger partial charge in [-0.1, -0.05) is 6.07 Å². The fourth-order valence-electron chi connectivity index (χ4n) is 2.75. The monoisotopic (exact) mass is 368 g/mol. The fourth-order valence-corrected chi connectivity index (χ4v) is 3.58. The molecule has 3 aromatic rings. The molecule has 0 aliphatic rings. The number of aromatic nitrogens is 1. The van der Waals surface area contributed by atoms with Crippen molar-refractivity contribution in [2.75, 3.05) is 5.32 Å². The molecule has 26 heavy (non-hydrogen) atoms. The van der Waals surface area contributed by atoms with Crippen LogP contribution >= 0.6 is 11.3 Å². The van der Waals surface area contributed by atoms with Gasteiger partial charge in [0.15, 0.2) is 5.78 Å². The quantitative estimate of drug-likeness (QED) is 0.575. The van der Waals surface area contributed by atoms with Crippen molar-refractivity contribution in [3.05, 3.63) is 52.3 Å². The van der Waals surface area contributed by atoms with Crippen LogP contribution in [-0.2, 0) is 9.59 Å². The average molecular weight is 368 g/mol. The molecule has 0 bridgehead atoms. The molecule has 0 spiro atoms. The number of carbonyl (C=O) groups is 3. The minimum absolute atomic E-state index is 0.0139. The second kappa shape index (κ2) is 8.10. The number of aromatic amines is 1. The first kappa shape index (κ1) is 18.1. The van der Waals surface area contributed by atoms with Crippen molar-refractivity contribution < 1.29 is 14.4 Å². The van der Waals surface area contributed by atoms with E-state index in [0.717, 1.165) is 21.5 Å². The number of thiophene rings is 1. The third-order valence-electron chi connectivity index (χ3n) is 4.15. The molecule has 134 valence electrons. The predicted octanol–water partition coefficient (Wildman–Crippen LogP) is 4.49. The van der Waals surface area contributed by atoms with Gasteiger partial charge in [0.25, 0.3) is 0 Å². The van der Waals surface area contributed by atoms with Crippen LogP contribution in [0.3, 0.4) is 0 Å². The molecular weight excluding hydrogens is 348 g/mol. The van der Waals surface area contributed by atoms with Crippen LogP contribution < -0.4 is 5.32 Å². The number of benzene rings is 1. The molecule has 0 fully saturated rings. The Morgan fingerprint density at radius 1 is 1.00 bits per heavy atom. The van der Waals surface area contributed by atoms with Gasteiger partial charge < -0.3 is 10.3 Å². The first-order valence-corrected chi connectivity index (χ1v) is 9.32. The molecular formula is C20H20N2O3S.